The first kappa shape index (κ1) is 17.1. The molecule has 2 rings (SSSR count). The maximum Gasteiger partial charge on any atom is 0.162 e. The number of carbonyl (C=O) groups excluding carboxylic acids is 1. The topological polar surface area (TPSA) is 40.5 Å². The molecular weight excluding hydrogens is 281 g/mol. The third-order valence-corrected chi connectivity index (χ3v) is 4.87. The molecule has 1 aliphatic rings. The number of aliphatic hydroxyl groups is 1. The Morgan fingerprint density at radius 3 is 2.73 bits per heavy atom. The van der Waals surface area contributed by atoms with Crippen LogP contribution in [0, 0.1) is 11.2 Å². The normalized spacial score (nSPS) is 22.7. The molecule has 0 unspecified atom stereocenters. The van der Waals surface area contributed by atoms with E-state index in [0.29, 0.717) is 12.0 Å². The van der Waals surface area contributed by atoms with Crippen molar-refractivity contribution in [1.82, 2.24) is 4.90 Å². The molecule has 122 valence electrons. The molecule has 0 amide bonds. The number of likely N-dealkylation sites (tertiary alicyclic amines) is 1. The van der Waals surface area contributed by atoms with Crippen LogP contribution in [0.5, 0.6) is 0 Å². The van der Waals surface area contributed by atoms with Crippen LogP contribution in [0.15, 0.2) is 24.3 Å². The predicted molar refractivity (Wildman–Crippen MR) is 85.4 cm³/mol. The largest absolute Gasteiger partial charge is 0.396 e. The molecule has 1 aliphatic heterocycles. The van der Waals surface area contributed by atoms with Gasteiger partial charge in [-0.15, -0.1) is 0 Å². The number of hydrogen-bond donors (Lipinski definition) is 1. The van der Waals surface area contributed by atoms with Crippen LogP contribution < -0.4 is 0 Å². The summed E-state index contributed by atoms with van der Waals surface area (Å²) in [5.74, 6) is -0.245. The summed E-state index contributed by atoms with van der Waals surface area (Å²) in [5, 5.41) is 9.63. The molecule has 1 heterocycles. The summed E-state index contributed by atoms with van der Waals surface area (Å²) in [6.07, 6.45) is 4.49. The quantitative estimate of drug-likeness (QED) is 0.786. The molecule has 0 aromatic heterocycles. The van der Waals surface area contributed by atoms with E-state index in [1.807, 2.05) is 0 Å². The first-order valence-electron chi connectivity index (χ1n) is 8.20. The van der Waals surface area contributed by atoms with Crippen LogP contribution in [0.3, 0.4) is 0 Å². The Labute approximate surface area is 132 Å². The van der Waals surface area contributed by atoms with Crippen LogP contribution in [0.25, 0.3) is 0 Å². The van der Waals surface area contributed by atoms with E-state index in [0.717, 1.165) is 45.3 Å². The highest BCUT2D eigenvalue weighted by Crippen LogP contribution is 2.32. The van der Waals surface area contributed by atoms with Crippen molar-refractivity contribution in [2.75, 3.05) is 26.2 Å². The lowest BCUT2D eigenvalue weighted by molar-refractivity contribution is 0.0286. The van der Waals surface area contributed by atoms with Crippen molar-refractivity contribution in [1.29, 1.82) is 0 Å². The SMILES string of the molecule is CC[C@]1(CO)CCCN(CCCC(=O)c2ccc(F)cc2)C1. The van der Waals surface area contributed by atoms with Crippen molar-refractivity contribution in [3.05, 3.63) is 35.6 Å². The van der Waals surface area contributed by atoms with Gasteiger partial charge in [0.1, 0.15) is 5.82 Å². The lowest BCUT2D eigenvalue weighted by Crippen LogP contribution is -2.45. The number of piperidine rings is 1. The molecule has 0 saturated carbocycles. The second-order valence-electron chi connectivity index (χ2n) is 6.42. The van der Waals surface area contributed by atoms with Crippen molar-refractivity contribution >= 4 is 5.78 Å². The lowest BCUT2D eigenvalue weighted by atomic mass is 9.78. The van der Waals surface area contributed by atoms with Gasteiger partial charge in [0, 0.05) is 30.6 Å². The summed E-state index contributed by atoms with van der Waals surface area (Å²) in [4.78, 5) is 14.4. The second kappa shape index (κ2) is 7.84. The minimum absolute atomic E-state index is 0.0409. The fraction of sp³-hybridized carbons (Fsp3) is 0.611. The monoisotopic (exact) mass is 307 g/mol. The van der Waals surface area contributed by atoms with E-state index >= 15 is 0 Å². The van der Waals surface area contributed by atoms with E-state index in [1.54, 1.807) is 12.1 Å². The Morgan fingerprint density at radius 1 is 1.36 bits per heavy atom. The fourth-order valence-electron chi connectivity index (χ4n) is 3.27. The lowest BCUT2D eigenvalue weighted by Gasteiger charge is -2.41. The average Bonchev–Trinajstić information content (AvgIpc) is 2.55. The molecule has 1 aromatic rings. The molecule has 1 saturated heterocycles. The van der Waals surface area contributed by atoms with Crippen LogP contribution in [-0.4, -0.2) is 42.0 Å². The van der Waals surface area contributed by atoms with Crippen molar-refractivity contribution in [2.24, 2.45) is 5.41 Å². The van der Waals surface area contributed by atoms with Gasteiger partial charge in [-0.3, -0.25) is 4.79 Å². The Kier molecular flexibility index (Phi) is 6.09. The van der Waals surface area contributed by atoms with Crippen LogP contribution in [0.1, 0.15) is 49.4 Å². The van der Waals surface area contributed by atoms with Crippen LogP contribution in [0.4, 0.5) is 4.39 Å². The van der Waals surface area contributed by atoms with Gasteiger partial charge in [0.15, 0.2) is 5.78 Å². The molecule has 0 radical (unpaired) electrons. The number of rotatable bonds is 7. The van der Waals surface area contributed by atoms with Crippen molar-refractivity contribution < 1.29 is 14.3 Å². The molecule has 4 heteroatoms. The Bertz CT molecular complexity index is 482. The zero-order chi connectivity index (χ0) is 16.0. The Balaban J connectivity index is 1.78. The van der Waals surface area contributed by atoms with Gasteiger partial charge in [-0.2, -0.15) is 0 Å². The van der Waals surface area contributed by atoms with Crippen LogP contribution in [-0.2, 0) is 0 Å². The average molecular weight is 307 g/mol. The highest BCUT2D eigenvalue weighted by Gasteiger charge is 2.32. The number of benzene rings is 1. The molecule has 0 aliphatic carbocycles. The molecule has 22 heavy (non-hydrogen) atoms. The van der Waals surface area contributed by atoms with Gasteiger partial charge in [0.2, 0.25) is 0 Å². The number of Topliss-reactive ketones (excluding diaryl/α,β-unsaturated/α-hetero) is 1. The van der Waals surface area contributed by atoms with E-state index in [2.05, 4.69) is 11.8 Å². The number of halogens is 1. The first-order valence-corrected chi connectivity index (χ1v) is 8.20. The zero-order valence-electron chi connectivity index (χ0n) is 13.4. The van der Waals surface area contributed by atoms with Crippen molar-refractivity contribution in [2.45, 2.75) is 39.0 Å². The summed E-state index contributed by atoms with van der Waals surface area (Å²) in [5.41, 5.74) is 0.623. The zero-order valence-corrected chi connectivity index (χ0v) is 13.4. The molecule has 1 N–H and O–H groups in total. The molecule has 0 bridgehead atoms. The minimum atomic E-state index is -0.315. The first-order chi connectivity index (χ1) is 10.6. The van der Waals surface area contributed by atoms with E-state index in [-0.39, 0.29) is 23.6 Å². The van der Waals surface area contributed by atoms with Gasteiger partial charge < -0.3 is 10.0 Å². The van der Waals surface area contributed by atoms with Crippen molar-refractivity contribution in [3.8, 4) is 0 Å². The van der Waals surface area contributed by atoms with Gasteiger partial charge in [-0.05, 0) is 63.0 Å². The van der Waals surface area contributed by atoms with Crippen LogP contribution >= 0.6 is 0 Å². The summed E-state index contributed by atoms with van der Waals surface area (Å²) in [7, 11) is 0. The predicted octanol–water partition coefficient (Wildman–Crippen LogP) is 3.27. The van der Waals surface area contributed by atoms with Gasteiger partial charge in [0.05, 0.1) is 0 Å². The van der Waals surface area contributed by atoms with Gasteiger partial charge in [-0.25, -0.2) is 4.39 Å². The summed E-state index contributed by atoms with van der Waals surface area (Å²) >= 11 is 0. The van der Waals surface area contributed by atoms with E-state index in [9.17, 15) is 14.3 Å². The summed E-state index contributed by atoms with van der Waals surface area (Å²) in [6, 6.07) is 5.75. The minimum Gasteiger partial charge on any atom is -0.396 e. The number of nitrogens with zero attached hydrogens (tertiary/aromatic N) is 1. The maximum absolute atomic E-state index is 12.8. The fourth-order valence-corrected chi connectivity index (χ4v) is 3.27. The molecular formula is C18H26FNO2. The molecule has 1 atom stereocenters. The smallest absolute Gasteiger partial charge is 0.162 e. The standard InChI is InChI=1S/C18H26FNO2/c1-2-18(14-21)10-4-12-20(13-18)11-3-5-17(22)15-6-8-16(19)9-7-15/h6-9,21H,2-5,10-14H2,1H3/t18-/m0/s1. The van der Waals surface area contributed by atoms with E-state index in [1.165, 1.54) is 12.1 Å². The summed E-state index contributed by atoms with van der Waals surface area (Å²) < 4.78 is 12.8. The Morgan fingerprint density at radius 2 is 2.09 bits per heavy atom. The van der Waals surface area contributed by atoms with E-state index in [4.69, 9.17) is 0 Å². The molecule has 1 fully saturated rings. The molecule has 3 nitrogen and oxygen atoms in total. The van der Waals surface area contributed by atoms with Crippen LogP contribution in [0.2, 0.25) is 0 Å². The highest BCUT2D eigenvalue weighted by molar-refractivity contribution is 5.95. The number of aliphatic hydroxyl groups excluding tert-OH is 1. The van der Waals surface area contributed by atoms with E-state index < -0.39 is 0 Å². The highest BCUT2D eigenvalue weighted by atomic mass is 19.1. The third kappa shape index (κ3) is 4.37. The number of hydrogen-bond acceptors (Lipinski definition) is 3. The molecule has 0 spiro atoms. The van der Waals surface area contributed by atoms with Crippen molar-refractivity contribution in [3.63, 3.8) is 0 Å². The summed E-state index contributed by atoms with van der Waals surface area (Å²) in [6.45, 7) is 5.23. The second-order valence-corrected chi connectivity index (χ2v) is 6.42. The third-order valence-electron chi connectivity index (χ3n) is 4.87. The van der Waals surface area contributed by atoms with Gasteiger partial charge >= 0.3 is 0 Å². The number of carbonyl (C=O) groups is 1. The molecule has 1 aromatic carbocycles. The van der Waals surface area contributed by atoms with Gasteiger partial charge in [-0.1, -0.05) is 6.92 Å². The maximum atomic E-state index is 12.8. The number of ketones is 1. The Hall–Kier alpha value is -1.26. The van der Waals surface area contributed by atoms with Gasteiger partial charge in [0.25, 0.3) is 0 Å².